The summed E-state index contributed by atoms with van der Waals surface area (Å²) >= 11 is 0. The summed E-state index contributed by atoms with van der Waals surface area (Å²) in [5.41, 5.74) is 3.07. The van der Waals surface area contributed by atoms with E-state index in [2.05, 4.69) is 15.2 Å². The van der Waals surface area contributed by atoms with Crippen LogP contribution in [0.1, 0.15) is 41.7 Å². The number of H-pyrrole nitrogens is 1. The number of nitrogens with zero attached hydrogens (tertiary/aromatic N) is 3. The number of aromatic amines is 1. The number of anilines is 1. The van der Waals surface area contributed by atoms with Crippen LogP contribution < -0.4 is 10.2 Å². The van der Waals surface area contributed by atoms with Crippen LogP contribution in [0.25, 0.3) is 10.9 Å². The molecule has 4 aliphatic rings. The minimum absolute atomic E-state index is 0. The largest absolute Gasteiger partial charge is 0.356 e. The van der Waals surface area contributed by atoms with Gasteiger partial charge in [-0.25, -0.2) is 4.99 Å². The molecular weight excluding hydrogens is 462 g/mol. The number of carbonyl (C=O) groups excluding carboxylic acids is 2. The highest BCUT2D eigenvalue weighted by atomic mass is 35.5. The molecule has 1 aromatic heterocycles. The average Bonchev–Trinajstić information content (AvgIpc) is 3.01. The summed E-state index contributed by atoms with van der Waals surface area (Å²) in [6.07, 6.45) is 4.04. The van der Waals surface area contributed by atoms with Gasteiger partial charge in [0.2, 0.25) is 6.17 Å². The Hall–Kier alpha value is -3.32. The molecule has 2 N–H and O–H groups in total. The Bertz CT molecular complexity index is 1250. The lowest BCUT2D eigenvalue weighted by Gasteiger charge is -2.27. The summed E-state index contributed by atoms with van der Waals surface area (Å²) in [6.45, 7) is 1.90. The Balaban J connectivity index is 0.00000253. The lowest BCUT2D eigenvalue weighted by molar-refractivity contribution is -0.119. The van der Waals surface area contributed by atoms with Gasteiger partial charge in [0.05, 0.1) is 5.69 Å². The van der Waals surface area contributed by atoms with Crippen LogP contribution in [0.5, 0.6) is 0 Å². The molecular formula is C27H30ClN5O2. The van der Waals surface area contributed by atoms with Crippen molar-refractivity contribution in [2.75, 3.05) is 25.0 Å². The number of likely N-dealkylation sites (N-methyl/N-ethyl adjacent to an activating group) is 1. The molecule has 1 atom stereocenters. The van der Waals surface area contributed by atoms with Crippen molar-refractivity contribution in [1.82, 2.24) is 15.2 Å². The normalized spacial score (nSPS) is 23.7. The maximum atomic E-state index is 13.5. The monoisotopic (exact) mass is 491 g/mol. The van der Waals surface area contributed by atoms with Crippen molar-refractivity contribution in [3.8, 4) is 0 Å². The zero-order valence-corrected chi connectivity index (χ0v) is 20.6. The van der Waals surface area contributed by atoms with Crippen molar-refractivity contribution in [2.24, 2.45) is 16.8 Å². The standard InChI is InChI=1S/C27H29N5O2.ClH/c1-31-23-9-5-3-7-20(23)25(32-15-17-10-11-18(16-32)13-12-17)29-24(27(31)34)30-26(33)22-14-19-6-2-4-8-21(19)28-22;/h2-9,14,17-18,24,28H,10-13,15-16H2,1H3,(H,30,33);1H/t17?,18?,24-;/m0./s1. The van der Waals surface area contributed by atoms with Gasteiger partial charge in [0, 0.05) is 36.6 Å². The molecule has 35 heavy (non-hydrogen) atoms. The van der Waals surface area contributed by atoms with Gasteiger partial charge >= 0.3 is 0 Å². The Morgan fingerprint density at radius 2 is 1.66 bits per heavy atom. The number of amides is 2. The third-order valence-electron chi connectivity index (χ3n) is 7.59. The van der Waals surface area contributed by atoms with Gasteiger partial charge in [-0.2, -0.15) is 0 Å². The van der Waals surface area contributed by atoms with E-state index < -0.39 is 6.17 Å². The topological polar surface area (TPSA) is 80.8 Å². The summed E-state index contributed by atoms with van der Waals surface area (Å²) in [5, 5.41) is 3.85. The quantitative estimate of drug-likeness (QED) is 0.564. The smallest absolute Gasteiger partial charge is 0.272 e. The molecule has 8 heteroatoms. The maximum Gasteiger partial charge on any atom is 0.272 e. The zero-order valence-electron chi connectivity index (χ0n) is 19.7. The Kier molecular flexibility index (Phi) is 6.28. The van der Waals surface area contributed by atoms with Crippen LogP contribution in [0.3, 0.4) is 0 Å². The highest BCUT2D eigenvalue weighted by molar-refractivity contribution is 6.12. The minimum Gasteiger partial charge on any atom is -0.356 e. The van der Waals surface area contributed by atoms with E-state index >= 15 is 0 Å². The molecule has 0 radical (unpaired) electrons. The van der Waals surface area contributed by atoms with Crippen LogP contribution in [0.15, 0.2) is 59.6 Å². The second-order valence-electron chi connectivity index (χ2n) is 9.81. The minimum atomic E-state index is -0.993. The number of aliphatic imine (C=N–C) groups is 1. The summed E-state index contributed by atoms with van der Waals surface area (Å²) in [4.78, 5) is 38.7. The van der Waals surface area contributed by atoms with Gasteiger partial charge < -0.3 is 20.1 Å². The van der Waals surface area contributed by atoms with Gasteiger partial charge in [0.1, 0.15) is 11.5 Å². The van der Waals surface area contributed by atoms with E-state index in [1.54, 1.807) is 18.0 Å². The fourth-order valence-corrected chi connectivity index (χ4v) is 5.72. The zero-order chi connectivity index (χ0) is 23.2. The summed E-state index contributed by atoms with van der Waals surface area (Å²) in [5.74, 6) is 1.54. The van der Waals surface area contributed by atoms with Crippen LogP contribution in [0.4, 0.5) is 5.69 Å². The molecule has 7 rings (SSSR count). The summed E-state index contributed by atoms with van der Waals surface area (Å²) < 4.78 is 0. The number of fused-ring (bicyclic) bond motifs is 6. The first-order valence-electron chi connectivity index (χ1n) is 12.1. The van der Waals surface area contributed by atoms with E-state index in [1.807, 2.05) is 48.5 Å². The van der Waals surface area contributed by atoms with Crippen molar-refractivity contribution in [1.29, 1.82) is 0 Å². The third kappa shape index (κ3) is 4.29. The van der Waals surface area contributed by atoms with Gasteiger partial charge in [0.25, 0.3) is 11.8 Å². The van der Waals surface area contributed by atoms with Crippen LogP contribution in [-0.2, 0) is 4.79 Å². The second kappa shape index (κ2) is 9.38. The molecule has 2 saturated heterocycles. The molecule has 2 amide bonds. The van der Waals surface area contributed by atoms with Crippen LogP contribution >= 0.6 is 12.4 Å². The SMILES string of the molecule is CN1C(=O)[C@H](NC(=O)c2cc3ccccc3[nH]2)N=C(N2CC3CCC(CC3)C2)c2ccccc21.Cl. The van der Waals surface area contributed by atoms with Crippen molar-refractivity contribution in [3.05, 3.63) is 65.9 Å². The van der Waals surface area contributed by atoms with E-state index in [0.29, 0.717) is 17.5 Å². The fraction of sp³-hybridized carbons (Fsp3) is 0.370. The second-order valence-corrected chi connectivity index (χ2v) is 9.81. The Labute approximate surface area is 211 Å². The number of hydrogen-bond donors (Lipinski definition) is 2. The van der Waals surface area contributed by atoms with E-state index in [9.17, 15) is 9.59 Å². The van der Waals surface area contributed by atoms with Crippen LogP contribution in [-0.4, -0.2) is 53.8 Å². The maximum absolute atomic E-state index is 13.5. The fourth-order valence-electron chi connectivity index (χ4n) is 5.72. The predicted molar refractivity (Wildman–Crippen MR) is 140 cm³/mol. The number of benzene rings is 2. The average molecular weight is 492 g/mol. The molecule has 1 aliphatic carbocycles. The van der Waals surface area contributed by atoms with Crippen LogP contribution in [0.2, 0.25) is 0 Å². The number of aromatic nitrogens is 1. The van der Waals surface area contributed by atoms with Gasteiger partial charge in [-0.3, -0.25) is 9.59 Å². The molecule has 2 bridgehead atoms. The number of rotatable bonds is 2. The Morgan fingerprint density at radius 1 is 1.00 bits per heavy atom. The van der Waals surface area contributed by atoms with Gasteiger partial charge in [-0.05, 0) is 61.8 Å². The van der Waals surface area contributed by atoms with E-state index in [-0.39, 0.29) is 24.2 Å². The molecule has 4 heterocycles. The lowest BCUT2D eigenvalue weighted by atomic mass is 9.84. The number of benzodiazepines with no additional fused rings is 1. The molecule has 0 spiro atoms. The summed E-state index contributed by atoms with van der Waals surface area (Å²) in [6, 6.07) is 17.5. The summed E-state index contributed by atoms with van der Waals surface area (Å²) in [7, 11) is 1.76. The number of halogens is 1. The number of nitrogens with one attached hydrogen (secondary N) is 2. The van der Waals surface area contributed by atoms with Crippen molar-refractivity contribution >= 4 is 46.6 Å². The van der Waals surface area contributed by atoms with E-state index in [4.69, 9.17) is 4.99 Å². The molecule has 0 unspecified atom stereocenters. The highest BCUT2D eigenvalue weighted by Crippen LogP contribution is 2.36. The first-order chi connectivity index (χ1) is 16.6. The van der Waals surface area contributed by atoms with Crippen molar-refractivity contribution in [2.45, 2.75) is 31.8 Å². The molecule has 182 valence electrons. The van der Waals surface area contributed by atoms with E-state index in [1.165, 1.54) is 25.7 Å². The number of hydrogen-bond acceptors (Lipinski definition) is 4. The van der Waals surface area contributed by atoms with Crippen molar-refractivity contribution < 1.29 is 9.59 Å². The number of carbonyl (C=O) groups is 2. The number of para-hydroxylation sites is 2. The molecule has 2 aromatic carbocycles. The third-order valence-corrected chi connectivity index (χ3v) is 7.59. The lowest BCUT2D eigenvalue weighted by Crippen LogP contribution is -2.46. The van der Waals surface area contributed by atoms with Gasteiger partial charge in [0.15, 0.2) is 0 Å². The van der Waals surface area contributed by atoms with Crippen LogP contribution in [0, 0.1) is 11.8 Å². The highest BCUT2D eigenvalue weighted by Gasteiger charge is 2.36. The van der Waals surface area contributed by atoms with Crippen molar-refractivity contribution in [3.63, 3.8) is 0 Å². The first-order valence-corrected chi connectivity index (χ1v) is 12.1. The molecule has 7 nitrogen and oxygen atoms in total. The molecule has 3 aliphatic heterocycles. The molecule has 1 saturated carbocycles. The van der Waals surface area contributed by atoms with Gasteiger partial charge in [-0.15, -0.1) is 12.4 Å². The molecule has 3 fully saturated rings. The van der Waals surface area contributed by atoms with Gasteiger partial charge in [-0.1, -0.05) is 30.3 Å². The Morgan fingerprint density at radius 3 is 2.37 bits per heavy atom. The molecule has 3 aromatic rings. The number of amidine groups is 1. The first kappa shape index (κ1) is 23.4. The van der Waals surface area contributed by atoms with E-state index in [0.717, 1.165) is 41.1 Å². The predicted octanol–water partition coefficient (Wildman–Crippen LogP) is 4.19.